The van der Waals surface area contributed by atoms with Crippen LogP contribution in [0.3, 0.4) is 0 Å². The quantitative estimate of drug-likeness (QED) is 0.491. The number of rotatable bonds is 7. The molecule has 2 heterocycles. The molecule has 158 valence electrons. The van der Waals surface area contributed by atoms with E-state index >= 15 is 0 Å². The maximum Gasteiger partial charge on any atom is 0.350 e. The van der Waals surface area contributed by atoms with Gasteiger partial charge in [-0.1, -0.05) is 17.4 Å². The number of amides is 1. The second-order valence-corrected chi connectivity index (χ2v) is 7.31. The minimum atomic E-state index is -0.455. The predicted molar refractivity (Wildman–Crippen MR) is 116 cm³/mol. The largest absolute Gasteiger partial charge is 0.493 e. The molecular weight excluding hydrogens is 406 g/mol. The van der Waals surface area contributed by atoms with Crippen LogP contribution in [0.1, 0.15) is 41.7 Å². The summed E-state index contributed by atoms with van der Waals surface area (Å²) in [7, 11) is 1.57. The number of aromatic nitrogens is 1. The number of hydrogen-bond acceptors (Lipinski definition) is 8. The second-order valence-electron chi connectivity index (χ2n) is 6.34. The van der Waals surface area contributed by atoms with Crippen molar-refractivity contribution in [2.45, 2.75) is 27.7 Å². The van der Waals surface area contributed by atoms with Crippen molar-refractivity contribution in [3.63, 3.8) is 0 Å². The van der Waals surface area contributed by atoms with E-state index in [0.29, 0.717) is 45.1 Å². The fourth-order valence-electron chi connectivity index (χ4n) is 2.89. The molecule has 3 rings (SSSR count). The molecule has 0 fully saturated rings. The molecule has 30 heavy (non-hydrogen) atoms. The third-order valence-corrected chi connectivity index (χ3v) is 5.40. The first-order valence-electron chi connectivity index (χ1n) is 9.46. The monoisotopic (exact) mass is 429 g/mol. The van der Waals surface area contributed by atoms with Crippen molar-refractivity contribution in [1.29, 1.82) is 0 Å². The standard InChI is InChI=1S/C21H23N3O5S/c1-6-28-16-9-8-14(11-17(16)27-5)10-15-12(3)23-24(19(15)25)21-22-13(4)18(30-21)20(26)29-7-2/h8-11H,6-7H2,1-5H3. The Morgan fingerprint density at radius 3 is 2.63 bits per heavy atom. The van der Waals surface area contributed by atoms with Crippen LogP contribution in [-0.4, -0.2) is 42.9 Å². The molecule has 0 aliphatic carbocycles. The minimum Gasteiger partial charge on any atom is -0.493 e. The highest BCUT2D eigenvalue weighted by Crippen LogP contribution is 2.33. The molecule has 0 N–H and O–H groups in total. The molecule has 0 saturated heterocycles. The van der Waals surface area contributed by atoms with Crippen LogP contribution in [0.2, 0.25) is 0 Å². The first-order chi connectivity index (χ1) is 14.4. The average Bonchev–Trinajstić information content (AvgIpc) is 3.24. The summed E-state index contributed by atoms with van der Waals surface area (Å²) in [5.41, 5.74) is 2.27. The van der Waals surface area contributed by atoms with Gasteiger partial charge in [-0.25, -0.2) is 9.78 Å². The number of carbonyl (C=O) groups excluding carboxylic acids is 2. The van der Waals surface area contributed by atoms with Gasteiger partial charge < -0.3 is 14.2 Å². The zero-order valence-corrected chi connectivity index (χ0v) is 18.3. The van der Waals surface area contributed by atoms with Crippen LogP contribution in [0.4, 0.5) is 5.13 Å². The third kappa shape index (κ3) is 4.20. The van der Waals surface area contributed by atoms with Crippen molar-refractivity contribution in [1.82, 2.24) is 4.98 Å². The van der Waals surface area contributed by atoms with Crippen molar-refractivity contribution in [2.24, 2.45) is 5.10 Å². The number of thiazole rings is 1. The predicted octanol–water partition coefficient (Wildman–Crippen LogP) is 3.84. The number of aryl methyl sites for hydroxylation is 1. The van der Waals surface area contributed by atoms with Gasteiger partial charge in [0.05, 0.1) is 37.3 Å². The molecule has 1 amide bonds. The van der Waals surface area contributed by atoms with Crippen molar-refractivity contribution in [3.8, 4) is 11.5 Å². The lowest BCUT2D eigenvalue weighted by molar-refractivity contribution is -0.114. The fraction of sp³-hybridized carbons (Fsp3) is 0.333. The van der Waals surface area contributed by atoms with Crippen LogP contribution in [0.5, 0.6) is 11.5 Å². The van der Waals surface area contributed by atoms with Gasteiger partial charge in [-0.05, 0) is 51.5 Å². The Hall–Kier alpha value is -3.20. The van der Waals surface area contributed by atoms with Crippen LogP contribution in [-0.2, 0) is 9.53 Å². The normalized spacial score (nSPS) is 14.8. The summed E-state index contributed by atoms with van der Waals surface area (Å²) in [6, 6.07) is 5.44. The Kier molecular flexibility index (Phi) is 6.51. The molecule has 0 spiro atoms. The lowest BCUT2D eigenvalue weighted by atomic mass is 10.1. The summed E-state index contributed by atoms with van der Waals surface area (Å²) >= 11 is 1.08. The molecule has 0 radical (unpaired) electrons. The van der Waals surface area contributed by atoms with Crippen molar-refractivity contribution in [2.75, 3.05) is 25.3 Å². The maximum atomic E-state index is 13.0. The topological polar surface area (TPSA) is 90.3 Å². The molecule has 1 aliphatic heterocycles. The Labute approximate surface area is 178 Å². The van der Waals surface area contributed by atoms with Gasteiger partial charge in [-0.15, -0.1) is 0 Å². The summed E-state index contributed by atoms with van der Waals surface area (Å²) in [6.07, 6.45) is 1.74. The molecule has 0 saturated carbocycles. The number of benzene rings is 1. The number of hydrazone groups is 1. The number of hydrogen-bond donors (Lipinski definition) is 0. The summed E-state index contributed by atoms with van der Waals surface area (Å²) in [4.78, 5) is 29.7. The van der Waals surface area contributed by atoms with Gasteiger partial charge in [0.1, 0.15) is 4.88 Å². The smallest absolute Gasteiger partial charge is 0.350 e. The molecule has 2 aromatic rings. The highest BCUT2D eigenvalue weighted by atomic mass is 32.1. The molecule has 0 unspecified atom stereocenters. The van der Waals surface area contributed by atoms with Gasteiger partial charge in [-0.3, -0.25) is 4.79 Å². The molecule has 1 aliphatic rings. The lowest BCUT2D eigenvalue weighted by Crippen LogP contribution is -2.21. The third-order valence-electron chi connectivity index (χ3n) is 4.29. The van der Waals surface area contributed by atoms with E-state index in [2.05, 4.69) is 10.1 Å². The second kappa shape index (κ2) is 9.08. The van der Waals surface area contributed by atoms with Crippen molar-refractivity contribution < 1.29 is 23.8 Å². The number of anilines is 1. The van der Waals surface area contributed by atoms with E-state index in [1.807, 2.05) is 13.0 Å². The number of ether oxygens (including phenoxy) is 3. The van der Waals surface area contributed by atoms with Crippen LogP contribution in [0.15, 0.2) is 28.9 Å². The van der Waals surface area contributed by atoms with E-state index in [1.165, 1.54) is 5.01 Å². The van der Waals surface area contributed by atoms with Gasteiger partial charge in [0.25, 0.3) is 5.91 Å². The Balaban J connectivity index is 1.89. The van der Waals surface area contributed by atoms with Crippen LogP contribution in [0.25, 0.3) is 6.08 Å². The highest BCUT2D eigenvalue weighted by Gasteiger charge is 2.32. The SMILES string of the molecule is CCOC(=O)c1sc(N2N=C(C)C(=Cc3ccc(OCC)c(OC)c3)C2=O)nc1C. The van der Waals surface area contributed by atoms with Gasteiger partial charge in [-0.2, -0.15) is 10.1 Å². The van der Waals surface area contributed by atoms with Gasteiger partial charge in [0.15, 0.2) is 11.5 Å². The summed E-state index contributed by atoms with van der Waals surface area (Å²) in [5, 5.41) is 5.88. The van der Waals surface area contributed by atoms with E-state index < -0.39 is 5.97 Å². The van der Waals surface area contributed by atoms with E-state index in [9.17, 15) is 9.59 Å². The average molecular weight is 429 g/mol. The fourth-order valence-corrected chi connectivity index (χ4v) is 3.80. The van der Waals surface area contributed by atoms with Crippen LogP contribution < -0.4 is 14.5 Å². The molecule has 8 nitrogen and oxygen atoms in total. The molecular formula is C21H23N3O5S. The zero-order chi connectivity index (χ0) is 21.8. The van der Waals surface area contributed by atoms with Crippen LogP contribution >= 0.6 is 11.3 Å². The van der Waals surface area contributed by atoms with Gasteiger partial charge in [0.2, 0.25) is 5.13 Å². The van der Waals surface area contributed by atoms with Crippen LogP contribution in [0, 0.1) is 6.92 Å². The molecule has 9 heteroatoms. The first-order valence-corrected chi connectivity index (χ1v) is 10.3. The Bertz CT molecular complexity index is 1040. The first kappa shape index (κ1) is 21.5. The number of nitrogens with zero attached hydrogens (tertiary/aromatic N) is 3. The summed E-state index contributed by atoms with van der Waals surface area (Å²) in [5.74, 6) is 0.447. The van der Waals surface area contributed by atoms with Crippen molar-refractivity contribution in [3.05, 3.63) is 39.9 Å². The van der Waals surface area contributed by atoms with E-state index in [-0.39, 0.29) is 12.5 Å². The minimum absolute atomic E-state index is 0.268. The highest BCUT2D eigenvalue weighted by molar-refractivity contribution is 7.17. The maximum absolute atomic E-state index is 13.0. The number of methoxy groups -OCH3 is 1. The van der Waals surface area contributed by atoms with Gasteiger partial charge >= 0.3 is 5.97 Å². The summed E-state index contributed by atoms with van der Waals surface area (Å²) in [6.45, 7) is 7.88. The molecule has 0 bridgehead atoms. The lowest BCUT2D eigenvalue weighted by Gasteiger charge is -2.10. The van der Waals surface area contributed by atoms with E-state index in [0.717, 1.165) is 16.9 Å². The zero-order valence-electron chi connectivity index (χ0n) is 17.5. The van der Waals surface area contributed by atoms with E-state index in [1.54, 1.807) is 46.1 Å². The number of carbonyl (C=O) groups is 2. The Morgan fingerprint density at radius 2 is 1.97 bits per heavy atom. The summed E-state index contributed by atoms with van der Waals surface area (Å²) < 4.78 is 15.9. The molecule has 0 atom stereocenters. The Morgan fingerprint density at radius 1 is 1.20 bits per heavy atom. The number of esters is 1. The van der Waals surface area contributed by atoms with E-state index in [4.69, 9.17) is 14.2 Å². The molecule has 1 aromatic heterocycles. The van der Waals surface area contributed by atoms with Crippen molar-refractivity contribution >= 4 is 40.1 Å². The van der Waals surface area contributed by atoms with Gasteiger partial charge in [0, 0.05) is 0 Å². The molecule has 1 aromatic carbocycles.